The van der Waals surface area contributed by atoms with Crippen molar-refractivity contribution in [2.24, 2.45) is 0 Å². The number of terminal acetylenes is 1. The molecule has 0 amide bonds. The maximum atomic E-state index is 10.2. The fourth-order valence-corrected chi connectivity index (χ4v) is 5.11. The molecule has 0 saturated heterocycles. The van der Waals surface area contributed by atoms with Crippen LogP contribution in [-0.4, -0.2) is 52.3 Å². The number of hydrogen-bond donors (Lipinski definition) is 1. The standard InChI is InChI=1S/C25H50O4Si2/c1-15-17-21(29-31(13,14)24(6,7)8)22(27-19-18-25(9,10)26)20(16-2)28-30(11,12)23(3,4)5/h1,16,20-22,26H,2,17-19H2,3-14H3/t20-,21-,22-/m1/s1. The summed E-state index contributed by atoms with van der Waals surface area (Å²) in [5, 5.41) is 10.3. The van der Waals surface area contributed by atoms with Crippen molar-refractivity contribution in [1.82, 2.24) is 0 Å². The third kappa shape index (κ3) is 9.93. The summed E-state index contributed by atoms with van der Waals surface area (Å²) in [6, 6.07) is 0. The van der Waals surface area contributed by atoms with Gasteiger partial charge in [0.05, 0.1) is 17.8 Å². The molecule has 0 unspecified atom stereocenters. The molecule has 0 aliphatic carbocycles. The molecule has 0 aliphatic rings. The van der Waals surface area contributed by atoms with Crippen LogP contribution in [-0.2, 0) is 13.6 Å². The molecule has 1 N–H and O–H groups in total. The average Bonchev–Trinajstić information content (AvgIpc) is 2.53. The Balaban J connectivity index is 6.05. The Bertz CT molecular complexity index is 601. The van der Waals surface area contributed by atoms with Gasteiger partial charge in [0.15, 0.2) is 16.6 Å². The third-order valence-electron chi connectivity index (χ3n) is 6.75. The first-order valence-electron chi connectivity index (χ1n) is 11.4. The highest BCUT2D eigenvalue weighted by Gasteiger charge is 2.45. The van der Waals surface area contributed by atoms with E-state index >= 15 is 0 Å². The lowest BCUT2D eigenvalue weighted by atomic mass is 10.0. The van der Waals surface area contributed by atoms with Crippen molar-refractivity contribution >= 4 is 16.6 Å². The first-order chi connectivity index (χ1) is 13.7. The van der Waals surface area contributed by atoms with Crippen molar-refractivity contribution in [3.05, 3.63) is 12.7 Å². The summed E-state index contributed by atoms with van der Waals surface area (Å²) in [6.45, 7) is 30.2. The van der Waals surface area contributed by atoms with E-state index in [4.69, 9.17) is 20.0 Å². The Labute approximate surface area is 195 Å². The minimum atomic E-state index is -2.10. The van der Waals surface area contributed by atoms with Crippen LogP contribution in [0.5, 0.6) is 0 Å². The molecular weight excluding hydrogens is 420 g/mol. The molecule has 6 heteroatoms. The van der Waals surface area contributed by atoms with E-state index in [1.165, 1.54) is 0 Å². The van der Waals surface area contributed by atoms with Gasteiger partial charge in [0.1, 0.15) is 6.10 Å². The van der Waals surface area contributed by atoms with Crippen molar-refractivity contribution in [3.8, 4) is 12.3 Å². The quantitative estimate of drug-likeness (QED) is 0.200. The monoisotopic (exact) mass is 470 g/mol. The van der Waals surface area contributed by atoms with Gasteiger partial charge in [-0.25, -0.2) is 0 Å². The van der Waals surface area contributed by atoms with Crippen LogP contribution in [0.3, 0.4) is 0 Å². The predicted octanol–water partition coefficient (Wildman–Crippen LogP) is 6.52. The van der Waals surface area contributed by atoms with Gasteiger partial charge in [-0.1, -0.05) is 47.6 Å². The van der Waals surface area contributed by atoms with Crippen LogP contribution in [0.15, 0.2) is 12.7 Å². The lowest BCUT2D eigenvalue weighted by molar-refractivity contribution is -0.0869. The molecule has 3 atom stereocenters. The summed E-state index contributed by atoms with van der Waals surface area (Å²) in [6.07, 6.45) is 7.50. The molecule has 31 heavy (non-hydrogen) atoms. The van der Waals surface area contributed by atoms with Gasteiger partial charge >= 0.3 is 0 Å². The summed E-state index contributed by atoms with van der Waals surface area (Å²) >= 11 is 0. The minimum absolute atomic E-state index is 0.0431. The van der Waals surface area contributed by atoms with E-state index in [2.05, 4.69) is 80.2 Å². The van der Waals surface area contributed by atoms with Crippen LogP contribution in [0.25, 0.3) is 0 Å². The molecule has 4 nitrogen and oxygen atoms in total. The summed E-state index contributed by atoms with van der Waals surface area (Å²) in [4.78, 5) is 0. The largest absolute Gasteiger partial charge is 0.410 e. The van der Waals surface area contributed by atoms with Crippen LogP contribution in [0, 0.1) is 12.3 Å². The van der Waals surface area contributed by atoms with Gasteiger partial charge in [-0.2, -0.15) is 0 Å². The summed E-state index contributed by atoms with van der Waals surface area (Å²) in [5.41, 5.74) is -0.809. The maximum Gasteiger partial charge on any atom is 0.193 e. The maximum absolute atomic E-state index is 10.2. The van der Waals surface area contributed by atoms with E-state index in [0.29, 0.717) is 19.4 Å². The van der Waals surface area contributed by atoms with Gasteiger partial charge in [0, 0.05) is 13.0 Å². The van der Waals surface area contributed by atoms with E-state index in [1.54, 1.807) is 13.8 Å². The molecule has 0 aliphatic heterocycles. The van der Waals surface area contributed by atoms with Crippen LogP contribution in [0.1, 0.15) is 68.2 Å². The van der Waals surface area contributed by atoms with E-state index in [1.807, 2.05) is 6.08 Å². The molecule has 0 aromatic carbocycles. The van der Waals surface area contributed by atoms with E-state index in [0.717, 1.165) is 0 Å². The highest BCUT2D eigenvalue weighted by atomic mass is 28.4. The van der Waals surface area contributed by atoms with E-state index in [-0.39, 0.29) is 28.4 Å². The molecule has 0 fully saturated rings. The molecule has 0 aromatic heterocycles. The van der Waals surface area contributed by atoms with Crippen molar-refractivity contribution in [1.29, 1.82) is 0 Å². The van der Waals surface area contributed by atoms with Gasteiger partial charge in [0.25, 0.3) is 0 Å². The van der Waals surface area contributed by atoms with Crippen LogP contribution in [0.4, 0.5) is 0 Å². The highest BCUT2D eigenvalue weighted by Crippen LogP contribution is 2.40. The summed E-state index contributed by atoms with van der Waals surface area (Å²) in [5.74, 6) is 2.79. The Kier molecular flexibility index (Phi) is 11.0. The Morgan fingerprint density at radius 1 is 0.935 bits per heavy atom. The van der Waals surface area contributed by atoms with Gasteiger partial charge in [0.2, 0.25) is 0 Å². The van der Waals surface area contributed by atoms with Crippen LogP contribution in [0.2, 0.25) is 36.3 Å². The van der Waals surface area contributed by atoms with Crippen molar-refractivity contribution < 1.29 is 18.7 Å². The second-order valence-electron chi connectivity index (χ2n) is 12.3. The first-order valence-corrected chi connectivity index (χ1v) is 17.3. The number of ether oxygens (including phenoxy) is 1. The molecule has 0 radical (unpaired) electrons. The number of hydrogen-bond acceptors (Lipinski definition) is 4. The molecule has 0 aromatic rings. The lowest BCUT2D eigenvalue weighted by Gasteiger charge is -2.45. The van der Waals surface area contributed by atoms with Crippen molar-refractivity contribution in [3.63, 3.8) is 0 Å². The normalized spacial score (nSPS) is 17.0. The second-order valence-corrected chi connectivity index (χ2v) is 21.8. The Hall–Kier alpha value is -0.426. The van der Waals surface area contributed by atoms with Crippen molar-refractivity contribution in [2.45, 2.75) is 128 Å². The van der Waals surface area contributed by atoms with Crippen LogP contribution < -0.4 is 0 Å². The molecule has 0 saturated carbocycles. The number of aliphatic hydroxyl groups is 1. The molecule has 182 valence electrons. The zero-order valence-corrected chi connectivity index (χ0v) is 24.4. The summed E-state index contributed by atoms with van der Waals surface area (Å²) in [7, 11) is -4.19. The number of rotatable bonds is 12. The average molecular weight is 471 g/mol. The predicted molar refractivity (Wildman–Crippen MR) is 138 cm³/mol. The zero-order chi connectivity index (χ0) is 24.9. The molecule has 0 spiro atoms. The highest BCUT2D eigenvalue weighted by molar-refractivity contribution is 6.74. The fourth-order valence-electron chi connectivity index (χ4n) is 2.52. The minimum Gasteiger partial charge on any atom is -0.410 e. The van der Waals surface area contributed by atoms with Gasteiger partial charge < -0.3 is 18.7 Å². The van der Waals surface area contributed by atoms with E-state index < -0.39 is 22.2 Å². The fraction of sp³-hybridized carbons (Fsp3) is 0.840. The zero-order valence-electron chi connectivity index (χ0n) is 22.4. The first kappa shape index (κ1) is 30.6. The molecular formula is C25H50O4Si2. The third-order valence-corrected chi connectivity index (χ3v) is 15.7. The Morgan fingerprint density at radius 2 is 1.39 bits per heavy atom. The van der Waals surface area contributed by atoms with Gasteiger partial charge in [-0.3, -0.25) is 0 Å². The van der Waals surface area contributed by atoms with Crippen molar-refractivity contribution in [2.75, 3.05) is 6.61 Å². The van der Waals surface area contributed by atoms with Gasteiger partial charge in [-0.05, 0) is 56.5 Å². The topological polar surface area (TPSA) is 47.9 Å². The molecule has 0 bridgehead atoms. The summed E-state index contributed by atoms with van der Waals surface area (Å²) < 4.78 is 19.9. The smallest absolute Gasteiger partial charge is 0.193 e. The SMILES string of the molecule is C#CC[C@@H](O[Si](C)(C)C(C)(C)C)[C@H](OCCC(C)(C)O)[C@@H](C=C)O[Si](C)(C)C(C)(C)C. The molecule has 0 heterocycles. The second kappa shape index (κ2) is 11.1. The Morgan fingerprint density at radius 3 is 1.74 bits per heavy atom. The van der Waals surface area contributed by atoms with E-state index in [9.17, 15) is 5.11 Å². The molecule has 0 rings (SSSR count). The lowest BCUT2D eigenvalue weighted by Crippen LogP contribution is -2.54. The van der Waals surface area contributed by atoms with Gasteiger partial charge in [-0.15, -0.1) is 18.9 Å². The van der Waals surface area contributed by atoms with Crippen LogP contribution >= 0.6 is 0 Å².